The maximum absolute atomic E-state index is 12.5. The largest absolute Gasteiger partial charge is 0.436 e. The number of rotatable bonds is 3. The second kappa shape index (κ2) is 6.65. The highest BCUT2D eigenvalue weighted by atomic mass is 35.5. The van der Waals surface area contributed by atoms with E-state index in [1.807, 2.05) is 43.3 Å². The van der Waals surface area contributed by atoms with E-state index >= 15 is 0 Å². The van der Waals surface area contributed by atoms with Crippen LogP contribution in [0.25, 0.3) is 22.6 Å². The van der Waals surface area contributed by atoms with E-state index in [9.17, 15) is 4.79 Å². The summed E-state index contributed by atoms with van der Waals surface area (Å²) >= 11 is 6.21. The second-order valence-electron chi connectivity index (χ2n) is 5.95. The molecule has 0 bridgehead atoms. The molecule has 3 aromatic carbocycles. The smallest absolute Gasteiger partial charge is 0.255 e. The lowest BCUT2D eigenvalue weighted by atomic mass is 10.1. The van der Waals surface area contributed by atoms with E-state index in [2.05, 4.69) is 10.3 Å². The van der Waals surface area contributed by atoms with Gasteiger partial charge in [-0.2, -0.15) is 0 Å². The first kappa shape index (κ1) is 16.4. The average Bonchev–Trinajstić information content (AvgIpc) is 3.05. The Morgan fingerprint density at radius 2 is 1.81 bits per heavy atom. The Kier molecular flexibility index (Phi) is 4.19. The lowest BCUT2D eigenvalue weighted by Crippen LogP contribution is -2.13. The van der Waals surface area contributed by atoms with Gasteiger partial charge in [0.1, 0.15) is 5.52 Å². The number of oxazole rings is 1. The quantitative estimate of drug-likeness (QED) is 0.508. The topological polar surface area (TPSA) is 55.1 Å². The Bertz CT molecular complexity index is 1120. The van der Waals surface area contributed by atoms with Crippen molar-refractivity contribution in [2.75, 3.05) is 5.32 Å². The zero-order valence-corrected chi connectivity index (χ0v) is 14.7. The first-order valence-corrected chi connectivity index (χ1v) is 8.52. The van der Waals surface area contributed by atoms with Crippen molar-refractivity contribution >= 4 is 34.3 Å². The first-order chi connectivity index (χ1) is 12.6. The number of carbonyl (C=O) groups excluding carboxylic acids is 1. The number of halogens is 1. The minimum absolute atomic E-state index is 0.155. The van der Waals surface area contributed by atoms with Crippen LogP contribution >= 0.6 is 11.6 Å². The number of hydrogen-bond acceptors (Lipinski definition) is 3. The summed E-state index contributed by atoms with van der Waals surface area (Å²) < 4.78 is 5.79. The molecule has 0 aliphatic heterocycles. The number of carbonyl (C=O) groups is 1. The molecular weight excluding hydrogens is 348 g/mol. The van der Waals surface area contributed by atoms with Crippen LogP contribution in [-0.4, -0.2) is 10.9 Å². The van der Waals surface area contributed by atoms with E-state index in [4.69, 9.17) is 16.0 Å². The lowest BCUT2D eigenvalue weighted by molar-refractivity contribution is 0.102. The third-order valence-electron chi connectivity index (χ3n) is 4.14. The maximum Gasteiger partial charge on any atom is 0.255 e. The summed E-state index contributed by atoms with van der Waals surface area (Å²) in [5, 5.41) is 3.48. The van der Waals surface area contributed by atoms with Crippen molar-refractivity contribution in [3.63, 3.8) is 0 Å². The number of hydrogen-bond donors (Lipinski definition) is 1. The molecule has 5 heteroatoms. The standard InChI is InChI=1S/C21H15ClN2O2/c1-13-6-2-3-7-15(13)20(25)23-14-10-11-19-18(12-14)24-21(26-19)16-8-4-5-9-17(16)22/h2-12H,1H3,(H,23,25). The zero-order valence-electron chi connectivity index (χ0n) is 14.0. The minimum atomic E-state index is -0.155. The van der Waals surface area contributed by atoms with Crippen LogP contribution in [0.15, 0.2) is 71.1 Å². The van der Waals surface area contributed by atoms with Crippen molar-refractivity contribution in [2.45, 2.75) is 6.92 Å². The summed E-state index contributed by atoms with van der Waals surface area (Å²) in [4.78, 5) is 17.0. The summed E-state index contributed by atoms with van der Waals surface area (Å²) in [5.41, 5.74) is 4.25. The van der Waals surface area contributed by atoms with Gasteiger partial charge in [-0.05, 0) is 48.9 Å². The molecule has 1 aromatic heterocycles. The molecule has 0 aliphatic rings. The number of amides is 1. The number of anilines is 1. The Labute approximate surface area is 155 Å². The van der Waals surface area contributed by atoms with E-state index in [1.54, 1.807) is 30.3 Å². The van der Waals surface area contributed by atoms with Gasteiger partial charge in [-0.1, -0.05) is 41.9 Å². The summed E-state index contributed by atoms with van der Waals surface area (Å²) in [6.45, 7) is 1.91. The van der Waals surface area contributed by atoms with E-state index in [1.165, 1.54) is 0 Å². The van der Waals surface area contributed by atoms with Crippen LogP contribution in [0.5, 0.6) is 0 Å². The number of nitrogens with one attached hydrogen (secondary N) is 1. The summed E-state index contributed by atoms with van der Waals surface area (Å²) in [5.74, 6) is 0.297. The van der Waals surface area contributed by atoms with Crippen LogP contribution in [0, 0.1) is 6.92 Å². The highest BCUT2D eigenvalue weighted by Gasteiger charge is 2.13. The normalized spacial score (nSPS) is 10.8. The fourth-order valence-corrected chi connectivity index (χ4v) is 3.00. The number of nitrogens with zero attached hydrogens (tertiary/aromatic N) is 1. The average molecular weight is 363 g/mol. The Morgan fingerprint density at radius 3 is 2.62 bits per heavy atom. The molecule has 0 spiro atoms. The van der Waals surface area contributed by atoms with Gasteiger partial charge in [0.05, 0.1) is 10.6 Å². The van der Waals surface area contributed by atoms with Crippen molar-refractivity contribution in [1.82, 2.24) is 4.98 Å². The molecule has 26 heavy (non-hydrogen) atoms. The highest BCUT2D eigenvalue weighted by molar-refractivity contribution is 6.33. The monoisotopic (exact) mass is 362 g/mol. The summed E-state index contributed by atoms with van der Waals surface area (Å²) in [7, 11) is 0. The van der Waals surface area contributed by atoms with Crippen molar-refractivity contribution in [3.8, 4) is 11.5 Å². The molecule has 1 amide bonds. The molecule has 0 saturated carbocycles. The van der Waals surface area contributed by atoms with Crippen LogP contribution in [-0.2, 0) is 0 Å². The fourth-order valence-electron chi connectivity index (χ4n) is 2.78. The molecule has 0 unspecified atom stereocenters. The third kappa shape index (κ3) is 3.07. The molecule has 128 valence electrons. The van der Waals surface area contributed by atoms with Crippen molar-refractivity contribution in [2.24, 2.45) is 0 Å². The third-order valence-corrected chi connectivity index (χ3v) is 4.47. The molecule has 0 radical (unpaired) electrons. The molecule has 0 saturated heterocycles. The van der Waals surface area contributed by atoms with E-state index in [0.29, 0.717) is 33.3 Å². The molecule has 0 aliphatic carbocycles. The van der Waals surface area contributed by atoms with Crippen LogP contribution in [0.2, 0.25) is 5.02 Å². The Morgan fingerprint density at radius 1 is 1.04 bits per heavy atom. The van der Waals surface area contributed by atoms with Gasteiger partial charge in [0.25, 0.3) is 5.91 Å². The van der Waals surface area contributed by atoms with Gasteiger partial charge in [0, 0.05) is 11.3 Å². The lowest BCUT2D eigenvalue weighted by Gasteiger charge is -2.07. The summed E-state index contributed by atoms with van der Waals surface area (Å²) in [6, 6.07) is 20.2. The van der Waals surface area contributed by atoms with Crippen LogP contribution in [0.1, 0.15) is 15.9 Å². The van der Waals surface area contributed by atoms with Gasteiger partial charge in [-0.3, -0.25) is 4.79 Å². The fraction of sp³-hybridized carbons (Fsp3) is 0.0476. The van der Waals surface area contributed by atoms with Crippen LogP contribution in [0.3, 0.4) is 0 Å². The first-order valence-electron chi connectivity index (χ1n) is 8.14. The molecule has 4 rings (SSSR count). The van der Waals surface area contributed by atoms with Crippen LogP contribution in [0.4, 0.5) is 5.69 Å². The maximum atomic E-state index is 12.5. The highest BCUT2D eigenvalue weighted by Crippen LogP contribution is 2.30. The predicted octanol–water partition coefficient (Wildman–Crippen LogP) is 5.71. The SMILES string of the molecule is Cc1ccccc1C(=O)Nc1ccc2oc(-c3ccccc3Cl)nc2c1. The van der Waals surface area contributed by atoms with Gasteiger partial charge >= 0.3 is 0 Å². The minimum Gasteiger partial charge on any atom is -0.436 e. The molecule has 0 fully saturated rings. The molecule has 1 N–H and O–H groups in total. The molecule has 4 aromatic rings. The number of aryl methyl sites for hydroxylation is 1. The van der Waals surface area contributed by atoms with Crippen molar-refractivity contribution < 1.29 is 9.21 Å². The predicted molar refractivity (Wildman–Crippen MR) is 104 cm³/mol. The van der Waals surface area contributed by atoms with Gasteiger partial charge in [0.15, 0.2) is 5.58 Å². The van der Waals surface area contributed by atoms with E-state index in [0.717, 1.165) is 11.1 Å². The molecular formula is C21H15ClN2O2. The van der Waals surface area contributed by atoms with Gasteiger partial charge in [-0.25, -0.2) is 4.98 Å². The molecule has 1 heterocycles. The number of aromatic nitrogens is 1. The van der Waals surface area contributed by atoms with Gasteiger partial charge in [-0.15, -0.1) is 0 Å². The van der Waals surface area contributed by atoms with Crippen molar-refractivity contribution in [3.05, 3.63) is 82.9 Å². The second-order valence-corrected chi connectivity index (χ2v) is 6.36. The zero-order chi connectivity index (χ0) is 18.1. The number of benzene rings is 3. The summed E-state index contributed by atoms with van der Waals surface area (Å²) in [6.07, 6.45) is 0. The van der Waals surface area contributed by atoms with Gasteiger partial charge < -0.3 is 9.73 Å². The Hall–Kier alpha value is -3.11. The molecule has 0 atom stereocenters. The molecule has 4 nitrogen and oxygen atoms in total. The van der Waals surface area contributed by atoms with E-state index in [-0.39, 0.29) is 5.91 Å². The van der Waals surface area contributed by atoms with Crippen LogP contribution < -0.4 is 5.32 Å². The van der Waals surface area contributed by atoms with E-state index < -0.39 is 0 Å². The number of fused-ring (bicyclic) bond motifs is 1. The van der Waals surface area contributed by atoms with Gasteiger partial charge in [0.2, 0.25) is 5.89 Å². The Balaban J connectivity index is 1.65. The van der Waals surface area contributed by atoms with Crippen molar-refractivity contribution in [1.29, 1.82) is 0 Å².